The second-order valence-corrected chi connectivity index (χ2v) is 4.29. The first-order chi connectivity index (χ1) is 9.10. The summed E-state index contributed by atoms with van der Waals surface area (Å²) in [6.07, 6.45) is 8.84. The molecule has 19 heavy (non-hydrogen) atoms. The molecule has 1 aromatic rings. The van der Waals surface area contributed by atoms with Crippen LogP contribution in [0, 0.1) is 6.92 Å². The molecule has 0 aromatic carbocycles. The molecule has 1 aliphatic rings. The summed E-state index contributed by atoms with van der Waals surface area (Å²) in [6, 6.07) is 1.71. The molecule has 5 nitrogen and oxygen atoms in total. The number of aromatic nitrogens is 1. The Kier molecular flexibility index (Phi) is 3.75. The van der Waals surface area contributed by atoms with Crippen LogP contribution in [0.3, 0.4) is 0 Å². The quantitative estimate of drug-likeness (QED) is 0.465. The van der Waals surface area contributed by atoms with Crippen LogP contribution >= 0.6 is 0 Å². The average molecular weight is 256 g/mol. The molecule has 0 fully saturated rings. The summed E-state index contributed by atoms with van der Waals surface area (Å²) >= 11 is 0. The Labute approximate surface area is 111 Å². The van der Waals surface area contributed by atoms with Crippen molar-refractivity contribution < 1.29 is 5.21 Å². The Morgan fingerprint density at radius 3 is 2.58 bits per heavy atom. The van der Waals surface area contributed by atoms with Gasteiger partial charge in [0, 0.05) is 19.4 Å². The number of rotatable bonds is 1. The molecule has 0 aliphatic heterocycles. The van der Waals surface area contributed by atoms with Crippen molar-refractivity contribution in [3.63, 3.8) is 0 Å². The Bertz CT molecular complexity index is 675. The van der Waals surface area contributed by atoms with Gasteiger partial charge in [-0.3, -0.25) is 4.99 Å². The first-order valence-corrected chi connectivity index (χ1v) is 5.93. The largest absolute Gasteiger partial charge is 0.429 e. The van der Waals surface area contributed by atoms with Gasteiger partial charge in [0.05, 0.1) is 16.8 Å². The van der Waals surface area contributed by atoms with Crippen molar-refractivity contribution in [2.75, 3.05) is 7.05 Å². The van der Waals surface area contributed by atoms with Crippen LogP contribution in [0.15, 0.2) is 57.5 Å². The minimum atomic E-state index is 0.729. The van der Waals surface area contributed by atoms with Gasteiger partial charge < -0.3 is 5.21 Å². The Morgan fingerprint density at radius 1 is 1.16 bits per heavy atom. The Morgan fingerprint density at radius 2 is 1.95 bits per heavy atom. The van der Waals surface area contributed by atoms with E-state index in [4.69, 9.17) is 0 Å². The SMILES string of the molecule is CN=C1C=C/C(=N/N=c2/ccn(O)cc2C)C=C1C. The average Bonchev–Trinajstić information content (AvgIpc) is 2.38. The Hall–Kier alpha value is -2.43. The number of allylic oxidation sites excluding steroid dienone is 4. The molecule has 98 valence electrons. The Balaban J connectivity index is 2.34. The summed E-state index contributed by atoms with van der Waals surface area (Å²) in [5.41, 5.74) is 3.66. The van der Waals surface area contributed by atoms with Crippen LogP contribution in [0.1, 0.15) is 12.5 Å². The van der Waals surface area contributed by atoms with Crippen LogP contribution in [-0.2, 0) is 0 Å². The summed E-state index contributed by atoms with van der Waals surface area (Å²) in [6.45, 7) is 3.86. The maximum atomic E-state index is 9.25. The minimum Gasteiger partial charge on any atom is -0.429 e. The lowest BCUT2D eigenvalue weighted by Crippen LogP contribution is -2.10. The smallest absolute Gasteiger partial charge is 0.0917 e. The third-order valence-electron chi connectivity index (χ3n) is 2.81. The molecule has 1 aliphatic carbocycles. The van der Waals surface area contributed by atoms with Gasteiger partial charge in [-0.15, -0.1) is 0 Å². The van der Waals surface area contributed by atoms with Crippen molar-refractivity contribution in [1.29, 1.82) is 0 Å². The summed E-state index contributed by atoms with van der Waals surface area (Å²) in [4.78, 5) is 4.15. The zero-order chi connectivity index (χ0) is 13.8. The van der Waals surface area contributed by atoms with Crippen molar-refractivity contribution in [3.8, 4) is 0 Å². The predicted molar refractivity (Wildman–Crippen MR) is 75.6 cm³/mol. The van der Waals surface area contributed by atoms with Crippen LogP contribution in [-0.4, -0.2) is 28.4 Å². The molecular weight excluding hydrogens is 240 g/mol. The number of aliphatic imine (C=N–C) groups is 1. The van der Waals surface area contributed by atoms with Gasteiger partial charge in [0.2, 0.25) is 0 Å². The first kappa shape index (κ1) is 13.0. The van der Waals surface area contributed by atoms with Gasteiger partial charge in [0.1, 0.15) is 0 Å². The molecule has 1 N–H and O–H groups in total. The molecule has 0 radical (unpaired) electrons. The van der Waals surface area contributed by atoms with Gasteiger partial charge in [-0.25, -0.2) is 4.73 Å². The van der Waals surface area contributed by atoms with Crippen LogP contribution in [0.5, 0.6) is 0 Å². The van der Waals surface area contributed by atoms with Gasteiger partial charge >= 0.3 is 0 Å². The molecule has 0 atom stereocenters. The zero-order valence-electron chi connectivity index (χ0n) is 11.2. The maximum absolute atomic E-state index is 9.25. The topological polar surface area (TPSA) is 62.2 Å². The van der Waals surface area contributed by atoms with Gasteiger partial charge in [0.15, 0.2) is 0 Å². The van der Waals surface area contributed by atoms with E-state index in [1.54, 1.807) is 19.3 Å². The molecule has 0 saturated carbocycles. The molecule has 2 rings (SSSR count). The number of nitrogens with zero attached hydrogens (tertiary/aromatic N) is 4. The number of hydrogen-bond donors (Lipinski definition) is 1. The van der Waals surface area contributed by atoms with Crippen LogP contribution in [0.4, 0.5) is 0 Å². The summed E-state index contributed by atoms with van der Waals surface area (Å²) in [7, 11) is 1.76. The van der Waals surface area contributed by atoms with E-state index in [1.807, 2.05) is 32.1 Å². The molecule has 0 spiro atoms. The lowest BCUT2D eigenvalue weighted by Gasteiger charge is -2.05. The molecule has 1 aromatic heterocycles. The van der Waals surface area contributed by atoms with Crippen molar-refractivity contribution >= 4 is 11.4 Å². The number of pyridine rings is 1. The van der Waals surface area contributed by atoms with Crippen LogP contribution in [0.25, 0.3) is 0 Å². The fraction of sp³-hybridized carbons (Fsp3) is 0.214. The van der Waals surface area contributed by atoms with Crippen LogP contribution < -0.4 is 5.36 Å². The molecule has 0 saturated heterocycles. The first-order valence-electron chi connectivity index (χ1n) is 5.93. The van der Waals surface area contributed by atoms with Crippen molar-refractivity contribution in [3.05, 3.63) is 53.2 Å². The van der Waals surface area contributed by atoms with Crippen molar-refractivity contribution in [2.24, 2.45) is 15.2 Å². The monoisotopic (exact) mass is 256 g/mol. The van der Waals surface area contributed by atoms with E-state index in [0.29, 0.717) is 0 Å². The molecule has 0 unspecified atom stereocenters. The predicted octanol–water partition coefficient (Wildman–Crippen LogP) is 1.88. The van der Waals surface area contributed by atoms with Gasteiger partial charge in [-0.05, 0) is 49.3 Å². The third-order valence-corrected chi connectivity index (χ3v) is 2.81. The highest BCUT2D eigenvalue weighted by molar-refractivity contribution is 6.20. The maximum Gasteiger partial charge on any atom is 0.0917 e. The highest BCUT2D eigenvalue weighted by Gasteiger charge is 2.04. The second kappa shape index (κ2) is 5.48. The molecular formula is C14H16N4O. The minimum absolute atomic E-state index is 0.729. The van der Waals surface area contributed by atoms with E-state index < -0.39 is 0 Å². The lowest BCUT2D eigenvalue weighted by molar-refractivity contribution is 0.183. The molecule has 0 amide bonds. The van der Waals surface area contributed by atoms with E-state index in [0.717, 1.165) is 32.6 Å². The molecule has 1 heterocycles. The van der Waals surface area contributed by atoms with E-state index in [2.05, 4.69) is 15.2 Å². The normalized spacial score (nSPS) is 20.2. The van der Waals surface area contributed by atoms with Crippen molar-refractivity contribution in [1.82, 2.24) is 4.73 Å². The molecule has 0 bridgehead atoms. The van der Waals surface area contributed by atoms with Crippen molar-refractivity contribution in [2.45, 2.75) is 13.8 Å². The summed E-state index contributed by atoms with van der Waals surface area (Å²) in [5, 5.41) is 18.4. The molecule has 5 heteroatoms. The van der Waals surface area contributed by atoms with Gasteiger partial charge in [-0.2, -0.15) is 10.2 Å². The lowest BCUT2D eigenvalue weighted by atomic mass is 10.0. The summed E-state index contributed by atoms with van der Waals surface area (Å²) in [5.74, 6) is 0. The van der Waals surface area contributed by atoms with E-state index in [-0.39, 0.29) is 0 Å². The fourth-order valence-electron chi connectivity index (χ4n) is 1.76. The highest BCUT2D eigenvalue weighted by atomic mass is 16.5. The second-order valence-electron chi connectivity index (χ2n) is 4.29. The van der Waals surface area contributed by atoms with E-state index >= 15 is 0 Å². The van der Waals surface area contributed by atoms with E-state index in [9.17, 15) is 5.21 Å². The van der Waals surface area contributed by atoms with E-state index in [1.165, 1.54) is 6.20 Å². The highest BCUT2D eigenvalue weighted by Crippen LogP contribution is 2.06. The third kappa shape index (κ3) is 3.07. The number of hydrogen-bond acceptors (Lipinski definition) is 4. The zero-order valence-corrected chi connectivity index (χ0v) is 11.2. The number of aryl methyl sites for hydroxylation is 1. The summed E-state index contributed by atoms with van der Waals surface area (Å²) < 4.78 is 0.996. The van der Waals surface area contributed by atoms with Gasteiger partial charge in [-0.1, -0.05) is 0 Å². The fourth-order valence-corrected chi connectivity index (χ4v) is 1.76. The standard InChI is InChI=1S/C14H16N4O/c1-10-8-12(4-5-13(10)15-3)16-17-14-6-7-18(19)9-11(14)2/h4-9,19H,1-3H3/b15-13?,16-12-,17-14-. The van der Waals surface area contributed by atoms with Gasteiger partial charge in [0.25, 0.3) is 0 Å². The van der Waals surface area contributed by atoms with Crippen LogP contribution in [0.2, 0.25) is 0 Å².